The third-order valence-corrected chi connectivity index (χ3v) is 5.70. The molecule has 0 aliphatic carbocycles. The SMILES string of the molecule is COc1ccc(OC)c(S(=O)(=O)N[C@@H]2COc3c(cccc3OC)C2)c1. The molecule has 0 bridgehead atoms. The zero-order valence-electron chi connectivity index (χ0n) is 14.8. The zero-order chi connectivity index (χ0) is 18.7. The molecule has 0 spiro atoms. The minimum absolute atomic E-state index is 0.0239. The van der Waals surface area contributed by atoms with E-state index in [4.69, 9.17) is 18.9 Å². The summed E-state index contributed by atoms with van der Waals surface area (Å²) < 4.78 is 49.7. The molecule has 1 atom stereocenters. The van der Waals surface area contributed by atoms with Gasteiger partial charge in [-0.3, -0.25) is 0 Å². The monoisotopic (exact) mass is 379 g/mol. The van der Waals surface area contributed by atoms with E-state index in [0.29, 0.717) is 23.7 Å². The molecule has 0 saturated heterocycles. The first-order chi connectivity index (χ1) is 12.5. The van der Waals surface area contributed by atoms with Gasteiger partial charge < -0.3 is 18.9 Å². The lowest BCUT2D eigenvalue weighted by Crippen LogP contribution is -2.42. The molecule has 8 heteroatoms. The van der Waals surface area contributed by atoms with Gasteiger partial charge in [0.15, 0.2) is 11.5 Å². The highest BCUT2D eigenvalue weighted by Gasteiger charge is 2.29. The van der Waals surface area contributed by atoms with Crippen molar-refractivity contribution < 1.29 is 27.4 Å². The van der Waals surface area contributed by atoms with Gasteiger partial charge in [-0.2, -0.15) is 0 Å². The topological polar surface area (TPSA) is 83.1 Å². The van der Waals surface area contributed by atoms with Crippen LogP contribution in [-0.4, -0.2) is 42.4 Å². The van der Waals surface area contributed by atoms with Crippen molar-refractivity contribution in [1.82, 2.24) is 4.72 Å². The van der Waals surface area contributed by atoms with Gasteiger partial charge in [0.2, 0.25) is 10.0 Å². The fourth-order valence-corrected chi connectivity index (χ4v) is 4.31. The van der Waals surface area contributed by atoms with Gasteiger partial charge >= 0.3 is 0 Å². The quantitative estimate of drug-likeness (QED) is 0.827. The maximum atomic E-state index is 12.9. The van der Waals surface area contributed by atoms with Crippen molar-refractivity contribution in [3.63, 3.8) is 0 Å². The standard InChI is InChI=1S/C18H21NO6S/c1-22-14-7-8-15(23-2)17(10-14)26(20,21)19-13-9-12-5-4-6-16(24-3)18(12)25-11-13/h4-8,10,13,19H,9,11H2,1-3H3/t13-/m0/s1. The molecule has 0 unspecified atom stereocenters. The normalized spacial score (nSPS) is 16.3. The molecule has 2 aromatic carbocycles. The third kappa shape index (κ3) is 3.56. The summed E-state index contributed by atoms with van der Waals surface area (Å²) in [5, 5.41) is 0. The van der Waals surface area contributed by atoms with Crippen LogP contribution in [0, 0.1) is 0 Å². The first-order valence-electron chi connectivity index (χ1n) is 8.01. The van der Waals surface area contributed by atoms with Crippen molar-refractivity contribution in [2.45, 2.75) is 17.4 Å². The number of benzene rings is 2. The Kier molecular flexibility index (Phi) is 5.24. The Morgan fingerprint density at radius 2 is 1.81 bits per heavy atom. The van der Waals surface area contributed by atoms with Gasteiger partial charge in [-0.1, -0.05) is 12.1 Å². The second-order valence-electron chi connectivity index (χ2n) is 5.80. The Balaban J connectivity index is 1.85. The molecule has 0 amide bonds. The molecule has 2 aromatic rings. The van der Waals surface area contributed by atoms with E-state index in [1.165, 1.54) is 20.3 Å². The summed E-state index contributed by atoms with van der Waals surface area (Å²) in [6, 6.07) is 9.78. The second kappa shape index (κ2) is 7.43. The predicted molar refractivity (Wildman–Crippen MR) is 95.8 cm³/mol. The number of para-hydroxylation sites is 1. The van der Waals surface area contributed by atoms with E-state index in [2.05, 4.69) is 4.72 Å². The number of sulfonamides is 1. The molecule has 0 radical (unpaired) electrons. The molecular formula is C18H21NO6S. The largest absolute Gasteiger partial charge is 0.497 e. The molecule has 0 saturated carbocycles. The number of fused-ring (bicyclic) bond motifs is 1. The second-order valence-corrected chi connectivity index (χ2v) is 7.48. The summed E-state index contributed by atoms with van der Waals surface area (Å²) in [6.07, 6.45) is 0.498. The van der Waals surface area contributed by atoms with Crippen molar-refractivity contribution in [2.75, 3.05) is 27.9 Å². The molecule has 1 heterocycles. The van der Waals surface area contributed by atoms with Crippen molar-refractivity contribution >= 4 is 10.0 Å². The first-order valence-corrected chi connectivity index (χ1v) is 9.50. The Morgan fingerprint density at radius 1 is 1.04 bits per heavy atom. The minimum atomic E-state index is -3.82. The number of hydrogen-bond acceptors (Lipinski definition) is 6. The summed E-state index contributed by atoms with van der Waals surface area (Å²) in [6.45, 7) is 0.207. The van der Waals surface area contributed by atoms with Gasteiger partial charge in [-0.05, 0) is 30.2 Å². The van der Waals surface area contributed by atoms with Crippen LogP contribution in [0.5, 0.6) is 23.0 Å². The van der Waals surface area contributed by atoms with Crippen molar-refractivity contribution in [2.24, 2.45) is 0 Å². The van der Waals surface area contributed by atoms with Crippen molar-refractivity contribution in [1.29, 1.82) is 0 Å². The summed E-state index contributed by atoms with van der Waals surface area (Å²) >= 11 is 0. The highest BCUT2D eigenvalue weighted by atomic mass is 32.2. The summed E-state index contributed by atoms with van der Waals surface area (Å²) in [5.41, 5.74) is 0.890. The van der Waals surface area contributed by atoms with E-state index in [9.17, 15) is 8.42 Å². The number of ether oxygens (including phenoxy) is 4. The highest BCUT2D eigenvalue weighted by molar-refractivity contribution is 7.89. The van der Waals surface area contributed by atoms with Crippen molar-refractivity contribution in [3.05, 3.63) is 42.0 Å². The van der Waals surface area contributed by atoms with Gasteiger partial charge in [0.05, 0.1) is 27.4 Å². The highest BCUT2D eigenvalue weighted by Crippen LogP contribution is 2.35. The Bertz CT molecular complexity index is 897. The smallest absolute Gasteiger partial charge is 0.244 e. The van der Waals surface area contributed by atoms with Crippen molar-refractivity contribution in [3.8, 4) is 23.0 Å². The molecule has 7 nitrogen and oxygen atoms in total. The van der Waals surface area contributed by atoms with Crippen LogP contribution in [0.25, 0.3) is 0 Å². The molecular weight excluding hydrogens is 358 g/mol. The fraction of sp³-hybridized carbons (Fsp3) is 0.333. The molecule has 140 valence electrons. The van der Waals surface area contributed by atoms with E-state index in [1.807, 2.05) is 18.2 Å². The Hall–Kier alpha value is -2.45. The number of hydrogen-bond donors (Lipinski definition) is 1. The minimum Gasteiger partial charge on any atom is -0.497 e. The van der Waals surface area contributed by atoms with E-state index in [1.54, 1.807) is 19.2 Å². The van der Waals surface area contributed by atoms with Gasteiger partial charge in [-0.15, -0.1) is 0 Å². The maximum Gasteiger partial charge on any atom is 0.244 e. The summed E-state index contributed by atoms with van der Waals surface area (Å²) in [7, 11) is 0.653. The maximum absolute atomic E-state index is 12.9. The number of rotatable bonds is 6. The fourth-order valence-electron chi connectivity index (χ4n) is 2.91. The summed E-state index contributed by atoms with van der Waals surface area (Å²) in [4.78, 5) is 0.0239. The van der Waals surface area contributed by atoms with Gasteiger partial charge in [0.1, 0.15) is 23.0 Å². The lowest BCUT2D eigenvalue weighted by atomic mass is 10.0. The van der Waals surface area contributed by atoms with Crippen LogP contribution in [0.1, 0.15) is 5.56 Å². The van der Waals surface area contributed by atoms with Crippen LogP contribution in [0.15, 0.2) is 41.3 Å². The van der Waals surface area contributed by atoms with Crippen LogP contribution >= 0.6 is 0 Å². The molecule has 26 heavy (non-hydrogen) atoms. The molecule has 1 N–H and O–H groups in total. The predicted octanol–water partition coefficient (Wildman–Crippen LogP) is 1.99. The van der Waals surface area contributed by atoms with E-state index in [0.717, 1.165) is 5.56 Å². The number of methoxy groups -OCH3 is 3. The van der Waals surface area contributed by atoms with Crippen LogP contribution in [0.4, 0.5) is 0 Å². The van der Waals surface area contributed by atoms with Crippen LogP contribution < -0.4 is 23.7 Å². The molecule has 1 aliphatic rings. The first kappa shape index (κ1) is 18.3. The molecule has 3 rings (SSSR count). The summed E-state index contributed by atoms with van der Waals surface area (Å²) in [5.74, 6) is 1.97. The molecule has 1 aliphatic heterocycles. The molecule has 0 aromatic heterocycles. The van der Waals surface area contributed by atoms with Gasteiger partial charge in [0, 0.05) is 6.07 Å². The van der Waals surface area contributed by atoms with E-state index in [-0.39, 0.29) is 17.3 Å². The Morgan fingerprint density at radius 3 is 2.50 bits per heavy atom. The van der Waals surface area contributed by atoms with E-state index >= 15 is 0 Å². The average Bonchev–Trinajstić information content (AvgIpc) is 2.66. The van der Waals surface area contributed by atoms with E-state index < -0.39 is 16.1 Å². The van der Waals surface area contributed by atoms with Crippen LogP contribution in [-0.2, 0) is 16.4 Å². The van der Waals surface area contributed by atoms with Gasteiger partial charge in [-0.25, -0.2) is 13.1 Å². The third-order valence-electron chi connectivity index (χ3n) is 4.16. The molecule has 0 fully saturated rings. The lowest BCUT2D eigenvalue weighted by molar-refractivity contribution is 0.240. The zero-order valence-corrected chi connectivity index (χ0v) is 15.6. The van der Waals surface area contributed by atoms with Crippen LogP contribution in [0.3, 0.4) is 0 Å². The number of nitrogens with one attached hydrogen (secondary N) is 1. The van der Waals surface area contributed by atoms with Crippen LogP contribution in [0.2, 0.25) is 0 Å². The average molecular weight is 379 g/mol. The lowest BCUT2D eigenvalue weighted by Gasteiger charge is -2.27. The van der Waals surface area contributed by atoms with Gasteiger partial charge in [0.25, 0.3) is 0 Å². The Labute approximate surface area is 152 Å².